The van der Waals surface area contributed by atoms with Crippen LogP contribution in [0.4, 0.5) is 14.9 Å². The number of anilines is 1. The van der Waals surface area contributed by atoms with Gasteiger partial charge in [0.25, 0.3) is 11.8 Å². The Labute approximate surface area is 158 Å². The lowest BCUT2D eigenvalue weighted by atomic mass is 10.1. The van der Waals surface area contributed by atoms with E-state index in [4.69, 9.17) is 23.2 Å². The molecule has 0 aliphatic carbocycles. The number of carbonyl (C=O) groups is 3. The second-order valence-corrected chi connectivity index (χ2v) is 6.34. The van der Waals surface area contributed by atoms with Crippen LogP contribution in [0.3, 0.4) is 0 Å². The Kier molecular flexibility index (Phi) is 4.80. The van der Waals surface area contributed by atoms with Gasteiger partial charge in [-0.05, 0) is 42.8 Å². The van der Waals surface area contributed by atoms with Crippen molar-refractivity contribution in [1.82, 2.24) is 5.32 Å². The number of nitrogens with one attached hydrogen (secondary N) is 1. The number of imide groups is 2. The largest absolute Gasteiger partial charge is 0.335 e. The van der Waals surface area contributed by atoms with E-state index in [0.717, 1.165) is 22.6 Å². The zero-order chi connectivity index (χ0) is 19.0. The van der Waals surface area contributed by atoms with E-state index in [1.807, 2.05) is 0 Å². The standard InChI is InChI=1S/C18H11Cl2FN2O3/c1-9-5-6-10(7-14(9)20)23-17(25)12(16(24)22-18(23)26)8-11-13(19)3-2-4-15(11)21/h2-8H,1H3,(H,22,24,26)/b12-8-. The minimum absolute atomic E-state index is 0.0277. The van der Waals surface area contributed by atoms with Crippen LogP contribution in [0.15, 0.2) is 42.0 Å². The minimum Gasteiger partial charge on any atom is -0.273 e. The summed E-state index contributed by atoms with van der Waals surface area (Å²) in [5.41, 5.74) is 0.392. The molecule has 5 nitrogen and oxygen atoms in total. The van der Waals surface area contributed by atoms with E-state index < -0.39 is 29.2 Å². The first-order chi connectivity index (χ1) is 12.3. The third-order valence-corrected chi connectivity index (χ3v) is 4.54. The van der Waals surface area contributed by atoms with Gasteiger partial charge in [-0.2, -0.15) is 0 Å². The Morgan fingerprint density at radius 1 is 1.08 bits per heavy atom. The number of carbonyl (C=O) groups excluding carboxylic acids is 3. The number of amides is 4. The van der Waals surface area contributed by atoms with Gasteiger partial charge in [-0.15, -0.1) is 0 Å². The number of barbiturate groups is 1. The average molecular weight is 393 g/mol. The van der Waals surface area contributed by atoms with Crippen molar-refractivity contribution in [3.05, 3.63) is 69.0 Å². The van der Waals surface area contributed by atoms with Crippen LogP contribution < -0.4 is 10.2 Å². The van der Waals surface area contributed by atoms with Crippen molar-refractivity contribution >= 4 is 52.8 Å². The predicted octanol–water partition coefficient (Wildman–Crippen LogP) is 4.11. The van der Waals surface area contributed by atoms with Gasteiger partial charge in [0.05, 0.1) is 10.7 Å². The van der Waals surface area contributed by atoms with Gasteiger partial charge in [-0.3, -0.25) is 14.9 Å². The highest BCUT2D eigenvalue weighted by molar-refractivity contribution is 6.40. The van der Waals surface area contributed by atoms with Crippen LogP contribution in [0.1, 0.15) is 11.1 Å². The number of halogens is 3. The molecule has 0 unspecified atom stereocenters. The van der Waals surface area contributed by atoms with Crippen LogP contribution >= 0.6 is 23.2 Å². The van der Waals surface area contributed by atoms with Gasteiger partial charge in [0.2, 0.25) is 0 Å². The molecular formula is C18H11Cl2FN2O3. The number of hydrogen-bond acceptors (Lipinski definition) is 3. The maximum absolute atomic E-state index is 14.0. The summed E-state index contributed by atoms with van der Waals surface area (Å²) >= 11 is 12.0. The fourth-order valence-corrected chi connectivity index (χ4v) is 2.80. The fourth-order valence-electron chi connectivity index (χ4n) is 2.41. The van der Waals surface area contributed by atoms with Gasteiger partial charge >= 0.3 is 6.03 Å². The molecule has 1 N–H and O–H groups in total. The number of hydrogen-bond donors (Lipinski definition) is 1. The van der Waals surface area contributed by atoms with E-state index in [-0.39, 0.29) is 16.3 Å². The quantitative estimate of drug-likeness (QED) is 0.617. The molecule has 0 bridgehead atoms. The van der Waals surface area contributed by atoms with Gasteiger partial charge in [0, 0.05) is 10.6 Å². The van der Waals surface area contributed by atoms with Gasteiger partial charge in [0.15, 0.2) is 0 Å². The highest BCUT2D eigenvalue weighted by Crippen LogP contribution is 2.28. The molecule has 0 atom stereocenters. The molecule has 132 valence electrons. The summed E-state index contributed by atoms with van der Waals surface area (Å²) in [4.78, 5) is 37.7. The first kappa shape index (κ1) is 18.1. The monoisotopic (exact) mass is 392 g/mol. The summed E-state index contributed by atoms with van der Waals surface area (Å²) in [5, 5.41) is 2.43. The highest BCUT2D eigenvalue weighted by atomic mass is 35.5. The lowest BCUT2D eigenvalue weighted by molar-refractivity contribution is -0.122. The molecule has 1 fully saturated rings. The van der Waals surface area contributed by atoms with Gasteiger partial charge < -0.3 is 0 Å². The fraction of sp³-hybridized carbons (Fsp3) is 0.0556. The molecule has 26 heavy (non-hydrogen) atoms. The molecule has 1 aliphatic heterocycles. The maximum atomic E-state index is 14.0. The molecule has 1 aliphatic rings. The summed E-state index contributed by atoms with van der Waals surface area (Å²) in [7, 11) is 0. The smallest absolute Gasteiger partial charge is 0.273 e. The number of nitrogens with zero attached hydrogens (tertiary/aromatic N) is 1. The van der Waals surface area contributed by atoms with Crippen LogP contribution in [0.25, 0.3) is 6.08 Å². The predicted molar refractivity (Wildman–Crippen MR) is 96.6 cm³/mol. The second kappa shape index (κ2) is 6.90. The Morgan fingerprint density at radius 3 is 2.46 bits per heavy atom. The molecule has 1 heterocycles. The van der Waals surface area contributed by atoms with Gasteiger partial charge in [-0.1, -0.05) is 35.3 Å². The van der Waals surface area contributed by atoms with Gasteiger partial charge in [-0.25, -0.2) is 14.1 Å². The van der Waals surface area contributed by atoms with Crippen LogP contribution in [0, 0.1) is 12.7 Å². The zero-order valence-corrected chi connectivity index (χ0v) is 14.9. The number of benzene rings is 2. The van der Waals surface area contributed by atoms with E-state index in [9.17, 15) is 18.8 Å². The van der Waals surface area contributed by atoms with Crippen molar-refractivity contribution in [3.63, 3.8) is 0 Å². The van der Waals surface area contributed by atoms with Crippen molar-refractivity contribution in [2.75, 3.05) is 4.90 Å². The number of urea groups is 1. The topological polar surface area (TPSA) is 66.5 Å². The van der Waals surface area contributed by atoms with Crippen LogP contribution in [-0.4, -0.2) is 17.8 Å². The highest BCUT2D eigenvalue weighted by Gasteiger charge is 2.37. The van der Waals surface area contributed by atoms with Crippen molar-refractivity contribution in [1.29, 1.82) is 0 Å². The molecule has 3 rings (SSSR count). The van der Waals surface area contributed by atoms with Crippen molar-refractivity contribution in [2.45, 2.75) is 6.92 Å². The first-order valence-corrected chi connectivity index (χ1v) is 8.17. The van der Waals surface area contributed by atoms with E-state index in [0.29, 0.717) is 5.02 Å². The summed E-state index contributed by atoms with van der Waals surface area (Å²) in [5.74, 6) is -2.54. The van der Waals surface area contributed by atoms with Crippen molar-refractivity contribution < 1.29 is 18.8 Å². The molecule has 2 aromatic carbocycles. The Hall–Kier alpha value is -2.70. The lowest BCUT2D eigenvalue weighted by Crippen LogP contribution is -2.54. The summed E-state index contributed by atoms with van der Waals surface area (Å²) < 4.78 is 14.0. The summed E-state index contributed by atoms with van der Waals surface area (Å²) in [6, 6.07) is 7.62. The average Bonchev–Trinajstić information content (AvgIpc) is 2.56. The SMILES string of the molecule is Cc1ccc(N2C(=O)NC(=O)/C(=C/c3c(F)cccc3Cl)C2=O)cc1Cl. The van der Waals surface area contributed by atoms with Crippen molar-refractivity contribution in [3.8, 4) is 0 Å². The molecule has 0 radical (unpaired) electrons. The molecule has 2 aromatic rings. The van der Waals surface area contributed by atoms with Crippen LogP contribution in [-0.2, 0) is 9.59 Å². The van der Waals surface area contributed by atoms with Crippen molar-refractivity contribution in [2.24, 2.45) is 0 Å². The molecular weight excluding hydrogens is 382 g/mol. The molecule has 0 saturated carbocycles. The lowest BCUT2D eigenvalue weighted by Gasteiger charge is -2.26. The normalized spacial score (nSPS) is 16.2. The van der Waals surface area contributed by atoms with Gasteiger partial charge in [0.1, 0.15) is 11.4 Å². The Bertz CT molecular complexity index is 968. The van der Waals surface area contributed by atoms with E-state index >= 15 is 0 Å². The third kappa shape index (κ3) is 3.21. The molecule has 0 spiro atoms. The summed E-state index contributed by atoms with van der Waals surface area (Å²) in [6.07, 6.45) is 1.02. The number of aryl methyl sites for hydroxylation is 1. The molecule has 1 saturated heterocycles. The van der Waals surface area contributed by atoms with E-state index in [2.05, 4.69) is 5.32 Å². The van der Waals surface area contributed by atoms with Crippen LogP contribution in [0.2, 0.25) is 10.0 Å². The van der Waals surface area contributed by atoms with E-state index in [1.165, 1.54) is 24.3 Å². The molecule has 4 amide bonds. The second-order valence-electron chi connectivity index (χ2n) is 5.53. The maximum Gasteiger partial charge on any atom is 0.335 e. The summed E-state index contributed by atoms with van der Waals surface area (Å²) in [6.45, 7) is 1.76. The molecule has 8 heteroatoms. The Balaban J connectivity index is 2.09. The Morgan fingerprint density at radius 2 is 1.81 bits per heavy atom. The van der Waals surface area contributed by atoms with Crippen LogP contribution in [0.5, 0.6) is 0 Å². The number of rotatable bonds is 2. The third-order valence-electron chi connectivity index (χ3n) is 3.80. The first-order valence-electron chi connectivity index (χ1n) is 7.41. The minimum atomic E-state index is -0.936. The zero-order valence-electron chi connectivity index (χ0n) is 13.3. The molecule has 0 aromatic heterocycles. The van der Waals surface area contributed by atoms with E-state index in [1.54, 1.807) is 13.0 Å².